The molecule has 1 aromatic carbocycles. The molecule has 152 valence electrons. The standard InChI is InChI=1S/C20H29F3N2O2/c1-14-12-25(10-9-24-14)13-18(17-7-2-3-8-19(17)26)15-5-4-6-16(11-15)27-20(21,22)23/h4-6,11,14,17-19,24,26H,2-3,7-10,12-13H2,1H3/t14-,17?,18-,19?/m1/s1. The van der Waals surface area contributed by atoms with Gasteiger partial charge in [-0.25, -0.2) is 0 Å². The van der Waals surface area contributed by atoms with Crippen molar-refractivity contribution in [2.75, 3.05) is 26.2 Å². The lowest BCUT2D eigenvalue weighted by molar-refractivity contribution is -0.274. The number of nitrogens with one attached hydrogen (secondary N) is 1. The summed E-state index contributed by atoms with van der Waals surface area (Å²) in [6.07, 6.45) is -1.39. The summed E-state index contributed by atoms with van der Waals surface area (Å²) in [5.41, 5.74) is 0.814. The van der Waals surface area contributed by atoms with Crippen molar-refractivity contribution in [3.8, 4) is 5.75 Å². The highest BCUT2D eigenvalue weighted by molar-refractivity contribution is 5.32. The Morgan fingerprint density at radius 3 is 2.78 bits per heavy atom. The smallest absolute Gasteiger partial charge is 0.406 e. The number of benzene rings is 1. The fourth-order valence-corrected chi connectivity index (χ4v) is 4.50. The third-order valence-electron chi connectivity index (χ3n) is 5.73. The zero-order valence-electron chi connectivity index (χ0n) is 15.7. The molecule has 7 heteroatoms. The minimum Gasteiger partial charge on any atom is -0.406 e. The molecule has 3 rings (SSSR count). The number of halogens is 3. The van der Waals surface area contributed by atoms with Gasteiger partial charge in [0.15, 0.2) is 0 Å². The van der Waals surface area contributed by atoms with Crippen LogP contribution in [0.5, 0.6) is 5.75 Å². The molecule has 0 bridgehead atoms. The lowest BCUT2D eigenvalue weighted by Gasteiger charge is -2.40. The van der Waals surface area contributed by atoms with Gasteiger partial charge >= 0.3 is 6.36 Å². The molecule has 1 aromatic rings. The van der Waals surface area contributed by atoms with Crippen molar-refractivity contribution in [3.05, 3.63) is 29.8 Å². The molecular formula is C20H29F3N2O2. The number of aliphatic hydroxyl groups is 1. The Labute approximate surface area is 158 Å². The van der Waals surface area contributed by atoms with Gasteiger partial charge in [-0.3, -0.25) is 4.90 Å². The summed E-state index contributed by atoms with van der Waals surface area (Å²) in [5, 5.41) is 14.0. The van der Waals surface area contributed by atoms with E-state index in [0.717, 1.165) is 57.4 Å². The number of piperazine rings is 1. The predicted octanol–water partition coefficient (Wildman–Crippen LogP) is 3.51. The van der Waals surface area contributed by atoms with Crippen molar-refractivity contribution in [1.82, 2.24) is 10.2 Å². The molecule has 2 fully saturated rings. The molecule has 1 aliphatic heterocycles. The first kappa shape index (κ1) is 20.4. The minimum atomic E-state index is -4.70. The summed E-state index contributed by atoms with van der Waals surface area (Å²) in [6.45, 7) is 5.58. The topological polar surface area (TPSA) is 44.7 Å². The van der Waals surface area contributed by atoms with Crippen molar-refractivity contribution < 1.29 is 23.0 Å². The lowest BCUT2D eigenvalue weighted by atomic mass is 9.74. The maximum absolute atomic E-state index is 12.6. The van der Waals surface area contributed by atoms with E-state index in [4.69, 9.17) is 0 Å². The Morgan fingerprint density at radius 1 is 1.30 bits per heavy atom. The molecule has 27 heavy (non-hydrogen) atoms. The first-order valence-corrected chi connectivity index (χ1v) is 9.81. The highest BCUT2D eigenvalue weighted by Gasteiger charge is 2.35. The number of hydrogen-bond acceptors (Lipinski definition) is 4. The van der Waals surface area contributed by atoms with E-state index in [2.05, 4.69) is 21.9 Å². The molecule has 1 saturated carbocycles. The lowest BCUT2D eigenvalue weighted by Crippen LogP contribution is -2.51. The van der Waals surface area contributed by atoms with Gasteiger partial charge < -0.3 is 15.2 Å². The van der Waals surface area contributed by atoms with Crippen molar-refractivity contribution in [1.29, 1.82) is 0 Å². The zero-order valence-corrected chi connectivity index (χ0v) is 15.7. The molecule has 0 radical (unpaired) electrons. The molecule has 4 atom stereocenters. The third kappa shape index (κ3) is 5.83. The number of alkyl halides is 3. The molecular weight excluding hydrogens is 357 g/mol. The van der Waals surface area contributed by atoms with Crippen LogP contribution in [0.15, 0.2) is 24.3 Å². The van der Waals surface area contributed by atoms with E-state index in [0.29, 0.717) is 6.04 Å². The van der Waals surface area contributed by atoms with Crippen LogP contribution in [0.1, 0.15) is 44.1 Å². The molecule has 1 aliphatic carbocycles. The van der Waals surface area contributed by atoms with Gasteiger partial charge in [-0.1, -0.05) is 25.0 Å². The average molecular weight is 386 g/mol. The molecule has 2 aliphatic rings. The molecule has 1 heterocycles. The normalized spacial score (nSPS) is 28.7. The van der Waals surface area contributed by atoms with E-state index in [1.54, 1.807) is 6.07 Å². The number of nitrogens with zero attached hydrogens (tertiary/aromatic N) is 1. The summed E-state index contributed by atoms with van der Waals surface area (Å²) in [4.78, 5) is 2.35. The van der Waals surface area contributed by atoms with Gasteiger partial charge in [0.2, 0.25) is 0 Å². The van der Waals surface area contributed by atoms with Crippen LogP contribution in [0.4, 0.5) is 13.2 Å². The van der Waals surface area contributed by atoms with Gasteiger partial charge in [0.05, 0.1) is 6.10 Å². The van der Waals surface area contributed by atoms with Crippen LogP contribution in [0, 0.1) is 5.92 Å². The van der Waals surface area contributed by atoms with Crippen molar-refractivity contribution in [2.24, 2.45) is 5.92 Å². The van der Waals surface area contributed by atoms with E-state index in [1.807, 2.05) is 6.07 Å². The second-order valence-electron chi connectivity index (χ2n) is 7.86. The average Bonchev–Trinajstić information content (AvgIpc) is 2.59. The molecule has 2 unspecified atom stereocenters. The van der Waals surface area contributed by atoms with E-state index in [9.17, 15) is 18.3 Å². The monoisotopic (exact) mass is 386 g/mol. The number of ether oxygens (including phenoxy) is 1. The Kier molecular flexibility index (Phi) is 6.65. The largest absolute Gasteiger partial charge is 0.573 e. The molecule has 4 nitrogen and oxygen atoms in total. The third-order valence-corrected chi connectivity index (χ3v) is 5.73. The minimum absolute atomic E-state index is 0.0117. The first-order chi connectivity index (χ1) is 12.8. The quantitative estimate of drug-likeness (QED) is 0.813. The molecule has 2 N–H and O–H groups in total. The fraction of sp³-hybridized carbons (Fsp3) is 0.700. The van der Waals surface area contributed by atoms with Gasteiger partial charge in [-0.2, -0.15) is 0 Å². The van der Waals surface area contributed by atoms with E-state index in [-0.39, 0.29) is 17.6 Å². The Morgan fingerprint density at radius 2 is 2.07 bits per heavy atom. The fourth-order valence-electron chi connectivity index (χ4n) is 4.50. The first-order valence-electron chi connectivity index (χ1n) is 9.81. The van der Waals surface area contributed by atoms with Crippen molar-refractivity contribution in [2.45, 2.75) is 57.0 Å². The van der Waals surface area contributed by atoms with Crippen LogP contribution >= 0.6 is 0 Å². The Hall–Kier alpha value is -1.31. The summed E-state index contributed by atoms with van der Waals surface area (Å²) in [5.74, 6) is -0.142. The molecule has 0 amide bonds. The summed E-state index contributed by atoms with van der Waals surface area (Å²) in [6, 6.07) is 6.68. The summed E-state index contributed by atoms with van der Waals surface area (Å²) < 4.78 is 42.0. The maximum Gasteiger partial charge on any atom is 0.573 e. The van der Waals surface area contributed by atoms with E-state index in [1.165, 1.54) is 12.1 Å². The second kappa shape index (κ2) is 8.80. The van der Waals surface area contributed by atoms with Crippen LogP contribution in [0.3, 0.4) is 0 Å². The van der Waals surface area contributed by atoms with Gasteiger partial charge in [-0.15, -0.1) is 13.2 Å². The van der Waals surface area contributed by atoms with Gasteiger partial charge in [0.25, 0.3) is 0 Å². The number of aliphatic hydroxyl groups excluding tert-OH is 1. The van der Waals surface area contributed by atoms with Gasteiger partial charge in [-0.05, 0) is 43.4 Å². The van der Waals surface area contributed by atoms with Crippen LogP contribution in [-0.4, -0.2) is 54.7 Å². The highest BCUT2D eigenvalue weighted by atomic mass is 19.4. The summed E-state index contributed by atoms with van der Waals surface area (Å²) >= 11 is 0. The van der Waals surface area contributed by atoms with E-state index >= 15 is 0 Å². The Balaban J connectivity index is 1.83. The highest BCUT2D eigenvalue weighted by Crippen LogP contribution is 2.38. The van der Waals surface area contributed by atoms with Crippen molar-refractivity contribution in [3.63, 3.8) is 0 Å². The zero-order chi connectivity index (χ0) is 19.4. The number of rotatable bonds is 5. The van der Waals surface area contributed by atoms with Crippen molar-refractivity contribution >= 4 is 0 Å². The molecule has 0 spiro atoms. The SMILES string of the molecule is C[C@@H]1CN(C[C@H](c2cccc(OC(F)(F)F)c2)C2CCCCC2O)CCN1. The second-order valence-corrected chi connectivity index (χ2v) is 7.86. The van der Waals surface area contributed by atoms with E-state index < -0.39 is 12.5 Å². The van der Waals surface area contributed by atoms with Crippen LogP contribution in [0.25, 0.3) is 0 Å². The number of hydrogen-bond donors (Lipinski definition) is 2. The molecule has 1 saturated heterocycles. The van der Waals surface area contributed by atoms with Gasteiger partial charge in [0, 0.05) is 38.1 Å². The van der Waals surface area contributed by atoms with Gasteiger partial charge in [0.1, 0.15) is 5.75 Å². The summed E-state index contributed by atoms with van der Waals surface area (Å²) in [7, 11) is 0. The molecule has 0 aromatic heterocycles. The van der Waals surface area contributed by atoms with Crippen LogP contribution < -0.4 is 10.1 Å². The van der Waals surface area contributed by atoms with Crippen LogP contribution in [-0.2, 0) is 0 Å². The predicted molar refractivity (Wildman–Crippen MR) is 97.7 cm³/mol. The maximum atomic E-state index is 12.6. The van der Waals surface area contributed by atoms with Crippen LogP contribution in [0.2, 0.25) is 0 Å². The Bertz CT molecular complexity index is 611.